The first kappa shape index (κ1) is 12.5. The number of nitrogens with one attached hydrogen (secondary N) is 1. The number of aromatic carboxylic acids is 1. The van der Waals surface area contributed by atoms with E-state index in [1.54, 1.807) is 30.4 Å². The van der Waals surface area contributed by atoms with Crippen LogP contribution in [0.4, 0.5) is 10.9 Å². The number of nitrogens with zero attached hydrogens (tertiary/aromatic N) is 2. The van der Waals surface area contributed by atoms with Crippen molar-refractivity contribution in [3.8, 4) is 0 Å². The van der Waals surface area contributed by atoms with E-state index in [-0.39, 0.29) is 5.56 Å². The van der Waals surface area contributed by atoms with Gasteiger partial charge in [-0.25, -0.2) is 14.8 Å². The molecule has 0 aliphatic heterocycles. The van der Waals surface area contributed by atoms with Crippen molar-refractivity contribution in [2.24, 2.45) is 0 Å². The first-order valence-electron chi connectivity index (χ1n) is 5.39. The molecule has 18 heavy (non-hydrogen) atoms. The zero-order valence-electron chi connectivity index (χ0n) is 10.3. The summed E-state index contributed by atoms with van der Waals surface area (Å²) in [6.07, 6.45) is 0. The molecule has 2 N–H and O–H groups in total. The number of thiazole rings is 1. The van der Waals surface area contributed by atoms with Crippen LogP contribution in [0.3, 0.4) is 0 Å². The Morgan fingerprint density at radius 2 is 1.94 bits per heavy atom. The van der Waals surface area contributed by atoms with Gasteiger partial charge in [-0.2, -0.15) is 0 Å². The van der Waals surface area contributed by atoms with Gasteiger partial charge < -0.3 is 10.4 Å². The van der Waals surface area contributed by atoms with E-state index >= 15 is 0 Å². The Morgan fingerprint density at radius 1 is 1.22 bits per heavy atom. The van der Waals surface area contributed by atoms with Crippen LogP contribution in [0.1, 0.15) is 26.6 Å². The van der Waals surface area contributed by atoms with Gasteiger partial charge in [0.2, 0.25) is 0 Å². The van der Waals surface area contributed by atoms with Crippen LogP contribution in [0.2, 0.25) is 0 Å². The SMILES string of the molecule is Cc1nc(Nc2nc(C)c(C)s2)ccc1C(=O)O. The normalized spacial score (nSPS) is 10.4. The second kappa shape index (κ2) is 4.73. The maximum atomic E-state index is 10.9. The molecule has 0 fully saturated rings. The molecule has 0 unspecified atom stereocenters. The number of hydrogen-bond donors (Lipinski definition) is 2. The Kier molecular flexibility index (Phi) is 3.29. The maximum absolute atomic E-state index is 10.9. The molecule has 6 heteroatoms. The lowest BCUT2D eigenvalue weighted by Gasteiger charge is -2.04. The molecule has 2 heterocycles. The highest BCUT2D eigenvalue weighted by atomic mass is 32.1. The van der Waals surface area contributed by atoms with Crippen molar-refractivity contribution < 1.29 is 9.90 Å². The lowest BCUT2D eigenvalue weighted by Crippen LogP contribution is -2.03. The van der Waals surface area contributed by atoms with E-state index < -0.39 is 5.97 Å². The number of aryl methyl sites for hydroxylation is 3. The summed E-state index contributed by atoms with van der Waals surface area (Å²) in [4.78, 5) is 20.6. The minimum atomic E-state index is -0.965. The molecule has 5 nitrogen and oxygen atoms in total. The quantitative estimate of drug-likeness (QED) is 0.890. The van der Waals surface area contributed by atoms with Gasteiger partial charge in [-0.3, -0.25) is 0 Å². The van der Waals surface area contributed by atoms with Gasteiger partial charge in [0.25, 0.3) is 0 Å². The van der Waals surface area contributed by atoms with Crippen molar-refractivity contribution in [2.45, 2.75) is 20.8 Å². The number of carboxylic acids is 1. The Labute approximate surface area is 109 Å². The fourth-order valence-corrected chi connectivity index (χ4v) is 2.31. The molecule has 2 aromatic rings. The van der Waals surface area contributed by atoms with Crippen LogP contribution in [0, 0.1) is 20.8 Å². The number of pyridine rings is 1. The van der Waals surface area contributed by atoms with Gasteiger partial charge in [-0.1, -0.05) is 0 Å². The Hall–Kier alpha value is -1.95. The zero-order valence-corrected chi connectivity index (χ0v) is 11.1. The third-order valence-electron chi connectivity index (χ3n) is 2.58. The molecule has 0 atom stereocenters. The number of hydrogen-bond acceptors (Lipinski definition) is 5. The van der Waals surface area contributed by atoms with E-state index in [1.807, 2.05) is 13.8 Å². The largest absolute Gasteiger partial charge is 0.478 e. The molecule has 0 saturated carbocycles. The second-order valence-electron chi connectivity index (χ2n) is 3.92. The van der Waals surface area contributed by atoms with Crippen molar-refractivity contribution in [2.75, 3.05) is 5.32 Å². The van der Waals surface area contributed by atoms with Crippen molar-refractivity contribution in [3.05, 3.63) is 34.0 Å². The lowest BCUT2D eigenvalue weighted by molar-refractivity contribution is 0.0695. The summed E-state index contributed by atoms with van der Waals surface area (Å²) >= 11 is 1.55. The van der Waals surface area contributed by atoms with E-state index in [9.17, 15) is 4.79 Å². The Bertz CT molecular complexity index is 588. The number of rotatable bonds is 3. The van der Waals surface area contributed by atoms with E-state index in [2.05, 4.69) is 15.3 Å². The van der Waals surface area contributed by atoms with E-state index in [0.29, 0.717) is 11.5 Å². The number of aromatic nitrogens is 2. The minimum Gasteiger partial charge on any atom is -0.478 e. The summed E-state index contributed by atoms with van der Waals surface area (Å²) in [5.41, 5.74) is 1.69. The average molecular weight is 263 g/mol. The van der Waals surface area contributed by atoms with E-state index in [1.165, 1.54) is 0 Å². The monoisotopic (exact) mass is 263 g/mol. The molecule has 0 amide bonds. The van der Waals surface area contributed by atoms with Gasteiger partial charge in [-0.15, -0.1) is 11.3 Å². The standard InChI is InChI=1S/C12H13N3O2S/c1-6-8(3)18-12(14-6)15-10-5-4-9(11(16)17)7(2)13-10/h4-5H,1-3H3,(H,16,17)(H,13,14,15). The minimum absolute atomic E-state index is 0.215. The number of carboxylic acid groups (broad SMARTS) is 1. The Morgan fingerprint density at radius 3 is 2.44 bits per heavy atom. The topological polar surface area (TPSA) is 75.1 Å². The number of carbonyl (C=O) groups is 1. The van der Waals surface area contributed by atoms with Crippen LogP contribution in [0.5, 0.6) is 0 Å². The molecular weight excluding hydrogens is 250 g/mol. The summed E-state index contributed by atoms with van der Waals surface area (Å²) in [7, 11) is 0. The van der Waals surface area contributed by atoms with Crippen LogP contribution in [-0.4, -0.2) is 21.0 Å². The molecule has 0 saturated heterocycles. The molecular formula is C12H13N3O2S. The third-order valence-corrected chi connectivity index (χ3v) is 3.57. The highest BCUT2D eigenvalue weighted by molar-refractivity contribution is 7.15. The van der Waals surface area contributed by atoms with Gasteiger partial charge >= 0.3 is 5.97 Å². The van der Waals surface area contributed by atoms with Gasteiger partial charge in [0.05, 0.1) is 17.0 Å². The van der Waals surface area contributed by atoms with Crippen molar-refractivity contribution in [1.29, 1.82) is 0 Å². The molecule has 0 aliphatic carbocycles. The first-order valence-corrected chi connectivity index (χ1v) is 6.21. The summed E-state index contributed by atoms with van der Waals surface area (Å²) in [5.74, 6) is -0.362. The van der Waals surface area contributed by atoms with E-state index in [0.717, 1.165) is 15.7 Å². The predicted molar refractivity (Wildman–Crippen MR) is 70.8 cm³/mol. The van der Waals surface area contributed by atoms with Gasteiger partial charge in [0.15, 0.2) is 5.13 Å². The fraction of sp³-hybridized carbons (Fsp3) is 0.250. The highest BCUT2D eigenvalue weighted by Gasteiger charge is 2.10. The predicted octanol–water partition coefficient (Wildman–Crippen LogP) is 2.91. The second-order valence-corrected chi connectivity index (χ2v) is 5.12. The molecule has 2 aromatic heterocycles. The van der Waals surface area contributed by atoms with E-state index in [4.69, 9.17) is 5.11 Å². The highest BCUT2D eigenvalue weighted by Crippen LogP contribution is 2.24. The summed E-state index contributed by atoms with van der Waals surface area (Å²) in [6, 6.07) is 3.18. The zero-order chi connectivity index (χ0) is 13.3. The molecule has 0 aliphatic rings. The molecule has 0 spiro atoms. The smallest absolute Gasteiger partial charge is 0.337 e. The van der Waals surface area contributed by atoms with Crippen LogP contribution in [-0.2, 0) is 0 Å². The summed E-state index contributed by atoms with van der Waals surface area (Å²) in [6.45, 7) is 5.63. The first-order chi connectivity index (χ1) is 8.47. The van der Waals surface area contributed by atoms with Gasteiger partial charge in [0.1, 0.15) is 5.82 Å². The van der Waals surface area contributed by atoms with Gasteiger partial charge in [0, 0.05) is 4.88 Å². The lowest BCUT2D eigenvalue weighted by atomic mass is 10.2. The molecule has 0 radical (unpaired) electrons. The average Bonchev–Trinajstić information content (AvgIpc) is 2.57. The number of anilines is 2. The molecule has 2 rings (SSSR count). The van der Waals surface area contributed by atoms with Crippen LogP contribution in [0.25, 0.3) is 0 Å². The van der Waals surface area contributed by atoms with Crippen molar-refractivity contribution in [3.63, 3.8) is 0 Å². The van der Waals surface area contributed by atoms with Crippen LogP contribution < -0.4 is 5.32 Å². The third kappa shape index (κ3) is 2.48. The van der Waals surface area contributed by atoms with Crippen LogP contribution >= 0.6 is 11.3 Å². The molecule has 0 bridgehead atoms. The van der Waals surface area contributed by atoms with Crippen molar-refractivity contribution in [1.82, 2.24) is 9.97 Å². The summed E-state index contributed by atoms with van der Waals surface area (Å²) in [5, 5.41) is 12.8. The Balaban J connectivity index is 2.25. The fourth-order valence-electron chi connectivity index (χ4n) is 1.49. The maximum Gasteiger partial charge on any atom is 0.337 e. The van der Waals surface area contributed by atoms with Crippen LogP contribution in [0.15, 0.2) is 12.1 Å². The molecule has 0 aromatic carbocycles. The van der Waals surface area contributed by atoms with Crippen molar-refractivity contribution >= 4 is 28.3 Å². The molecule has 94 valence electrons. The van der Waals surface area contributed by atoms with Gasteiger partial charge in [-0.05, 0) is 32.9 Å². The summed E-state index contributed by atoms with van der Waals surface area (Å²) < 4.78 is 0.